The molecule has 4 N–H and O–H groups in total. The van der Waals surface area contributed by atoms with Crippen molar-refractivity contribution in [3.05, 3.63) is 0 Å². The Kier molecular flexibility index (Phi) is 8.44. The van der Waals surface area contributed by atoms with Crippen molar-refractivity contribution in [1.82, 2.24) is 10.6 Å². The van der Waals surface area contributed by atoms with E-state index in [4.69, 9.17) is 0 Å². The number of rotatable bonds is 10. The van der Waals surface area contributed by atoms with Gasteiger partial charge in [-0.25, -0.2) is 0 Å². The largest absolute Gasteiger partial charge is 0.411 e. The van der Waals surface area contributed by atoms with E-state index < -0.39 is 11.1 Å². The van der Waals surface area contributed by atoms with Gasteiger partial charge in [-0.2, -0.15) is 0 Å². The molecule has 6 heteroatoms. The molecule has 30 heavy (non-hydrogen) atoms. The van der Waals surface area contributed by atoms with Gasteiger partial charge in [-0.3, -0.25) is 0 Å². The zero-order valence-electron chi connectivity index (χ0n) is 22.4. The Balaban J connectivity index is 6.05. The van der Waals surface area contributed by atoms with Gasteiger partial charge in [-0.05, 0) is 86.0 Å². The lowest BCUT2D eigenvalue weighted by atomic mass is 9.53. The van der Waals surface area contributed by atoms with Crippen LogP contribution in [0.2, 0.25) is 0 Å². The molecule has 0 unspecified atom stereocenters. The summed E-state index contributed by atoms with van der Waals surface area (Å²) in [4.78, 5) is 0. The smallest absolute Gasteiger partial charge is 0.0734 e. The molecule has 0 rings (SSSR count). The van der Waals surface area contributed by atoms with Crippen molar-refractivity contribution in [1.29, 1.82) is 0 Å². The Morgan fingerprint density at radius 3 is 1.03 bits per heavy atom. The highest BCUT2D eigenvalue weighted by atomic mass is 16.4. The first kappa shape index (κ1) is 28.9. The zero-order chi connectivity index (χ0) is 24.6. The molecule has 0 aliphatic carbocycles. The van der Waals surface area contributed by atoms with Gasteiger partial charge in [0.1, 0.15) is 0 Å². The molecular weight excluding hydrogens is 376 g/mol. The minimum atomic E-state index is -0.441. The summed E-state index contributed by atoms with van der Waals surface area (Å²) >= 11 is 0. The third kappa shape index (κ3) is 5.56. The van der Waals surface area contributed by atoms with Crippen LogP contribution in [0.1, 0.15) is 104 Å². The van der Waals surface area contributed by atoms with E-state index in [-0.39, 0.29) is 21.9 Å². The topological polar surface area (TPSA) is 89.2 Å². The van der Waals surface area contributed by atoms with Crippen molar-refractivity contribution in [2.45, 2.75) is 126 Å². The van der Waals surface area contributed by atoms with Gasteiger partial charge in [0.05, 0.1) is 22.5 Å². The van der Waals surface area contributed by atoms with Crippen molar-refractivity contribution in [2.75, 3.05) is 0 Å². The van der Waals surface area contributed by atoms with Gasteiger partial charge in [0.25, 0.3) is 0 Å². The second kappa shape index (κ2) is 8.78. The van der Waals surface area contributed by atoms with Gasteiger partial charge in [0.15, 0.2) is 0 Å². The minimum Gasteiger partial charge on any atom is -0.411 e. The second-order valence-electron chi connectivity index (χ2n) is 12.3. The average molecular weight is 427 g/mol. The van der Waals surface area contributed by atoms with Crippen molar-refractivity contribution in [3.63, 3.8) is 0 Å². The summed E-state index contributed by atoms with van der Waals surface area (Å²) in [5, 5.41) is 33.0. The average Bonchev–Trinajstić information content (AvgIpc) is 2.56. The molecule has 0 aliphatic rings. The predicted molar refractivity (Wildman–Crippen MR) is 129 cm³/mol. The lowest BCUT2D eigenvalue weighted by Gasteiger charge is -2.58. The first-order valence-electron chi connectivity index (χ1n) is 11.0. The Morgan fingerprint density at radius 2 is 0.833 bits per heavy atom. The van der Waals surface area contributed by atoms with Crippen LogP contribution < -0.4 is 10.6 Å². The summed E-state index contributed by atoms with van der Waals surface area (Å²) in [5.41, 5.74) is -0.324. The number of nitrogens with one attached hydrogen (secondary N) is 2. The summed E-state index contributed by atoms with van der Waals surface area (Å²) in [6, 6.07) is 0. The van der Waals surface area contributed by atoms with Crippen LogP contribution in [0.4, 0.5) is 0 Å². The van der Waals surface area contributed by atoms with Gasteiger partial charge >= 0.3 is 0 Å². The van der Waals surface area contributed by atoms with Crippen molar-refractivity contribution < 1.29 is 10.4 Å². The van der Waals surface area contributed by atoms with Crippen LogP contribution in [0, 0.1) is 16.7 Å². The van der Waals surface area contributed by atoms with E-state index in [0.717, 1.165) is 0 Å². The molecule has 0 saturated heterocycles. The summed E-state index contributed by atoms with van der Waals surface area (Å²) in [7, 11) is 0. The van der Waals surface area contributed by atoms with Gasteiger partial charge in [0, 0.05) is 11.1 Å². The van der Waals surface area contributed by atoms with E-state index in [1.165, 1.54) is 0 Å². The quantitative estimate of drug-likeness (QED) is 0.206. The van der Waals surface area contributed by atoms with Crippen LogP contribution in [0.15, 0.2) is 10.3 Å². The summed E-state index contributed by atoms with van der Waals surface area (Å²) in [6.45, 7) is 32.2. The fraction of sp³-hybridized carbons (Fsp3) is 0.917. The monoisotopic (exact) mass is 426 g/mol. The molecule has 178 valence electrons. The van der Waals surface area contributed by atoms with E-state index >= 15 is 0 Å². The Morgan fingerprint density at radius 1 is 0.600 bits per heavy atom. The van der Waals surface area contributed by atoms with Crippen molar-refractivity contribution >= 4 is 11.4 Å². The molecule has 0 atom stereocenters. The molecule has 0 aromatic rings. The van der Waals surface area contributed by atoms with Crippen LogP contribution in [-0.2, 0) is 0 Å². The van der Waals surface area contributed by atoms with E-state index in [2.05, 4.69) is 83.3 Å². The molecule has 0 heterocycles. The third-order valence-electron chi connectivity index (χ3n) is 8.75. The molecule has 0 aromatic heterocycles. The van der Waals surface area contributed by atoms with Crippen molar-refractivity contribution in [3.8, 4) is 0 Å². The van der Waals surface area contributed by atoms with Crippen LogP contribution in [-0.4, -0.2) is 44.0 Å². The molecule has 0 bridgehead atoms. The van der Waals surface area contributed by atoms with E-state index in [1.54, 1.807) is 0 Å². The molecule has 0 aliphatic heterocycles. The van der Waals surface area contributed by atoms with Gasteiger partial charge in [-0.15, -0.1) is 0 Å². The third-order valence-corrected chi connectivity index (χ3v) is 8.75. The van der Waals surface area contributed by atoms with Crippen molar-refractivity contribution in [2.24, 2.45) is 27.1 Å². The summed E-state index contributed by atoms with van der Waals surface area (Å²) in [5.74, 6) is 0.291. The number of hydrogen-bond donors (Lipinski definition) is 4. The first-order chi connectivity index (χ1) is 13.0. The van der Waals surface area contributed by atoms with E-state index in [0.29, 0.717) is 17.3 Å². The Hall–Kier alpha value is -1.14. The highest BCUT2D eigenvalue weighted by Gasteiger charge is 2.53. The van der Waals surface area contributed by atoms with E-state index in [9.17, 15) is 10.4 Å². The van der Waals surface area contributed by atoms with Gasteiger partial charge in [0.2, 0.25) is 0 Å². The summed E-state index contributed by atoms with van der Waals surface area (Å²) in [6.07, 6.45) is 0. The number of oxime groups is 2. The van der Waals surface area contributed by atoms with Crippen LogP contribution in [0.25, 0.3) is 0 Å². The lowest BCUT2D eigenvalue weighted by Crippen LogP contribution is -2.68. The highest BCUT2D eigenvalue weighted by molar-refractivity contribution is 5.90. The molecular formula is C24H50N4O2. The molecule has 6 nitrogen and oxygen atoms in total. The maximum absolute atomic E-state index is 9.30. The van der Waals surface area contributed by atoms with Crippen LogP contribution in [0.3, 0.4) is 0 Å². The summed E-state index contributed by atoms with van der Waals surface area (Å²) < 4.78 is 0. The fourth-order valence-electron chi connectivity index (χ4n) is 4.30. The number of hydrogen-bond acceptors (Lipinski definition) is 6. The van der Waals surface area contributed by atoms with Gasteiger partial charge in [-0.1, -0.05) is 44.9 Å². The lowest BCUT2D eigenvalue weighted by molar-refractivity contribution is -0.0392. The Labute approximate surface area is 186 Å². The normalized spacial score (nSPS) is 17.3. The molecule has 0 aromatic carbocycles. The standard InChI is InChI=1S/C24H50N4O2/c1-16(19(4,5)23(12,13)27-21(8,9)17(2)25-29)20(6,7)24(14,15)28-22(10,11)18(3)26-30/h16,27-30H,1-15H3/b25-17+,26-18+. The fourth-order valence-corrected chi connectivity index (χ4v) is 4.30. The molecule has 0 amide bonds. The first-order valence-corrected chi connectivity index (χ1v) is 11.0. The van der Waals surface area contributed by atoms with Crippen LogP contribution >= 0.6 is 0 Å². The predicted octanol–water partition coefficient (Wildman–Crippen LogP) is 5.67. The second-order valence-corrected chi connectivity index (χ2v) is 12.3. The number of nitrogens with zero attached hydrogens (tertiary/aromatic N) is 2. The maximum Gasteiger partial charge on any atom is 0.0734 e. The zero-order valence-corrected chi connectivity index (χ0v) is 22.4. The van der Waals surface area contributed by atoms with E-state index in [1.807, 2.05) is 41.5 Å². The van der Waals surface area contributed by atoms with Gasteiger partial charge < -0.3 is 21.0 Å². The SMILES string of the molecule is C/C(=N\O)C(C)(C)NC(C)(C)C(C)(C)C(C)C(C)(C)C(C)(C)NC(C)(C)/C(C)=N/O. The molecule has 0 saturated carbocycles. The maximum atomic E-state index is 9.30. The molecule has 0 fully saturated rings. The molecule has 0 spiro atoms. The minimum absolute atomic E-state index is 0.118. The Bertz CT molecular complexity index is 600. The van der Waals surface area contributed by atoms with Crippen LogP contribution in [0.5, 0.6) is 0 Å². The molecule has 0 radical (unpaired) electrons. The highest BCUT2D eigenvalue weighted by Crippen LogP contribution is 2.51.